The fourth-order valence-corrected chi connectivity index (χ4v) is 0.765. The summed E-state index contributed by atoms with van der Waals surface area (Å²) in [4.78, 5) is 22.4. The van der Waals surface area contributed by atoms with Gasteiger partial charge in [-0.3, -0.25) is 0 Å². The molecular weight excluding hydrogens is 224 g/mol. The lowest BCUT2D eigenvalue weighted by Crippen LogP contribution is -2.26. The van der Waals surface area contributed by atoms with Crippen LogP contribution < -0.4 is 0 Å². The summed E-state index contributed by atoms with van der Waals surface area (Å²) in [6.07, 6.45) is 1.95. The summed E-state index contributed by atoms with van der Waals surface area (Å²) in [6.45, 7) is 6.86. The maximum Gasteiger partial charge on any atom is 0.331 e. The molecule has 17 heavy (non-hydrogen) atoms. The Balaban J connectivity index is 4.07. The van der Waals surface area contributed by atoms with Gasteiger partial charge in [0.2, 0.25) is 0 Å². The number of aliphatic hydroxyl groups is 1. The molecule has 1 unspecified atom stereocenters. The standard InChI is InChI=1S/C12H20O5/c1-5-12(3,4)17-11(15)7-6-10(14)16-8-9(2)13/h6-7,9,13H,5,8H2,1-4H3/b7-6-. The van der Waals surface area contributed by atoms with Crippen LogP contribution in [0.15, 0.2) is 12.2 Å². The first-order chi connectivity index (χ1) is 7.76. The van der Waals surface area contributed by atoms with Crippen molar-refractivity contribution in [3.8, 4) is 0 Å². The topological polar surface area (TPSA) is 72.8 Å². The van der Waals surface area contributed by atoms with E-state index in [1.165, 1.54) is 6.92 Å². The van der Waals surface area contributed by atoms with Crippen LogP contribution in [0.1, 0.15) is 34.1 Å². The average Bonchev–Trinajstić information content (AvgIpc) is 2.23. The molecule has 1 atom stereocenters. The summed E-state index contributed by atoms with van der Waals surface area (Å²) >= 11 is 0. The SMILES string of the molecule is CCC(C)(C)OC(=O)/C=C\C(=O)OCC(C)O. The number of ether oxygens (including phenoxy) is 2. The van der Waals surface area contributed by atoms with Gasteiger partial charge < -0.3 is 14.6 Å². The summed E-state index contributed by atoms with van der Waals surface area (Å²) in [5, 5.41) is 8.87. The lowest BCUT2D eigenvalue weighted by molar-refractivity contribution is -0.151. The zero-order valence-electron chi connectivity index (χ0n) is 10.7. The van der Waals surface area contributed by atoms with E-state index in [2.05, 4.69) is 4.74 Å². The van der Waals surface area contributed by atoms with Crippen molar-refractivity contribution in [1.29, 1.82) is 0 Å². The molecule has 98 valence electrons. The van der Waals surface area contributed by atoms with Crippen LogP contribution in [0.2, 0.25) is 0 Å². The van der Waals surface area contributed by atoms with Gasteiger partial charge in [-0.2, -0.15) is 0 Å². The maximum absolute atomic E-state index is 11.3. The summed E-state index contributed by atoms with van der Waals surface area (Å²) in [5.74, 6) is -1.27. The zero-order chi connectivity index (χ0) is 13.5. The van der Waals surface area contributed by atoms with Gasteiger partial charge in [-0.05, 0) is 27.2 Å². The Labute approximate surface area is 101 Å². The van der Waals surface area contributed by atoms with Crippen LogP contribution in [-0.2, 0) is 19.1 Å². The quantitative estimate of drug-likeness (QED) is 0.561. The first-order valence-electron chi connectivity index (χ1n) is 5.52. The molecule has 0 aliphatic heterocycles. The van der Waals surface area contributed by atoms with E-state index >= 15 is 0 Å². The molecule has 0 aromatic carbocycles. The van der Waals surface area contributed by atoms with Crippen LogP contribution in [0.5, 0.6) is 0 Å². The fourth-order valence-electron chi connectivity index (χ4n) is 0.765. The van der Waals surface area contributed by atoms with Gasteiger partial charge in [0.25, 0.3) is 0 Å². The summed E-state index contributed by atoms with van der Waals surface area (Å²) in [6, 6.07) is 0. The van der Waals surface area contributed by atoms with E-state index in [9.17, 15) is 9.59 Å². The van der Waals surface area contributed by atoms with Crippen LogP contribution in [0.25, 0.3) is 0 Å². The Kier molecular flexibility index (Phi) is 6.50. The first kappa shape index (κ1) is 15.6. The second-order valence-corrected chi connectivity index (χ2v) is 4.35. The monoisotopic (exact) mass is 244 g/mol. The minimum absolute atomic E-state index is 0.0985. The van der Waals surface area contributed by atoms with E-state index < -0.39 is 23.6 Å². The molecule has 0 rings (SSSR count). The molecular formula is C12H20O5. The second-order valence-electron chi connectivity index (χ2n) is 4.35. The van der Waals surface area contributed by atoms with Gasteiger partial charge in [0.1, 0.15) is 12.2 Å². The molecule has 5 nitrogen and oxygen atoms in total. The van der Waals surface area contributed by atoms with Crippen molar-refractivity contribution in [1.82, 2.24) is 0 Å². The summed E-state index contributed by atoms with van der Waals surface area (Å²) in [7, 11) is 0. The first-order valence-corrected chi connectivity index (χ1v) is 5.52. The van der Waals surface area contributed by atoms with Crippen LogP contribution in [0.3, 0.4) is 0 Å². The third-order valence-electron chi connectivity index (χ3n) is 2.05. The number of hydrogen-bond acceptors (Lipinski definition) is 5. The van der Waals surface area contributed by atoms with Crippen molar-refractivity contribution >= 4 is 11.9 Å². The van der Waals surface area contributed by atoms with Crippen LogP contribution >= 0.6 is 0 Å². The number of hydrogen-bond donors (Lipinski definition) is 1. The Morgan fingerprint density at radius 3 is 2.29 bits per heavy atom. The van der Waals surface area contributed by atoms with E-state index in [4.69, 9.17) is 9.84 Å². The van der Waals surface area contributed by atoms with Gasteiger partial charge in [-0.25, -0.2) is 9.59 Å². The molecule has 0 spiro atoms. The average molecular weight is 244 g/mol. The third kappa shape index (κ3) is 8.45. The highest BCUT2D eigenvalue weighted by atomic mass is 16.6. The third-order valence-corrected chi connectivity index (χ3v) is 2.05. The van der Waals surface area contributed by atoms with Gasteiger partial charge >= 0.3 is 11.9 Å². The fraction of sp³-hybridized carbons (Fsp3) is 0.667. The molecule has 0 radical (unpaired) electrons. The number of carbonyl (C=O) groups excluding carboxylic acids is 2. The van der Waals surface area contributed by atoms with Gasteiger partial charge in [0.05, 0.1) is 6.10 Å². The normalized spacial score (nSPS) is 13.5. The van der Waals surface area contributed by atoms with Crippen molar-refractivity contribution in [2.24, 2.45) is 0 Å². The molecule has 0 bridgehead atoms. The molecule has 0 amide bonds. The predicted molar refractivity (Wildman–Crippen MR) is 62.2 cm³/mol. The lowest BCUT2D eigenvalue weighted by atomic mass is 10.1. The molecule has 5 heteroatoms. The minimum Gasteiger partial charge on any atom is -0.460 e. The summed E-state index contributed by atoms with van der Waals surface area (Å²) in [5.41, 5.74) is -0.551. The number of rotatable bonds is 6. The number of esters is 2. The lowest BCUT2D eigenvalue weighted by Gasteiger charge is -2.22. The van der Waals surface area contributed by atoms with Crippen molar-refractivity contribution in [3.63, 3.8) is 0 Å². The van der Waals surface area contributed by atoms with Crippen molar-refractivity contribution in [2.45, 2.75) is 45.8 Å². The molecule has 0 aromatic rings. The van der Waals surface area contributed by atoms with E-state index in [1.54, 1.807) is 13.8 Å². The summed E-state index contributed by atoms with van der Waals surface area (Å²) < 4.78 is 9.71. The molecule has 0 fully saturated rings. The van der Waals surface area contributed by atoms with Gasteiger partial charge in [-0.15, -0.1) is 0 Å². The zero-order valence-corrected chi connectivity index (χ0v) is 10.7. The highest BCUT2D eigenvalue weighted by Crippen LogP contribution is 2.13. The molecule has 0 aliphatic carbocycles. The highest BCUT2D eigenvalue weighted by molar-refractivity contribution is 5.91. The van der Waals surface area contributed by atoms with Gasteiger partial charge in [-0.1, -0.05) is 6.92 Å². The van der Waals surface area contributed by atoms with Crippen molar-refractivity contribution < 1.29 is 24.2 Å². The Hall–Kier alpha value is -1.36. The number of aliphatic hydroxyl groups excluding tert-OH is 1. The van der Waals surface area contributed by atoms with Gasteiger partial charge in [0, 0.05) is 12.2 Å². The minimum atomic E-state index is -0.724. The van der Waals surface area contributed by atoms with Gasteiger partial charge in [0.15, 0.2) is 0 Å². The predicted octanol–water partition coefficient (Wildman–Crippen LogP) is 1.20. The Bertz CT molecular complexity index is 291. The molecule has 0 aromatic heterocycles. The largest absolute Gasteiger partial charge is 0.460 e. The van der Waals surface area contributed by atoms with E-state index in [1.807, 2.05) is 6.92 Å². The highest BCUT2D eigenvalue weighted by Gasteiger charge is 2.18. The van der Waals surface area contributed by atoms with E-state index in [-0.39, 0.29) is 6.61 Å². The molecule has 1 N–H and O–H groups in total. The number of carbonyl (C=O) groups is 2. The molecule has 0 aliphatic rings. The second kappa shape index (κ2) is 7.06. The smallest absolute Gasteiger partial charge is 0.331 e. The van der Waals surface area contributed by atoms with Crippen LogP contribution in [0.4, 0.5) is 0 Å². The van der Waals surface area contributed by atoms with Crippen LogP contribution in [-0.4, -0.2) is 35.4 Å². The van der Waals surface area contributed by atoms with E-state index in [0.29, 0.717) is 6.42 Å². The van der Waals surface area contributed by atoms with E-state index in [0.717, 1.165) is 12.2 Å². The Morgan fingerprint density at radius 2 is 1.82 bits per heavy atom. The Morgan fingerprint density at radius 1 is 1.29 bits per heavy atom. The molecule has 0 saturated heterocycles. The maximum atomic E-state index is 11.3. The van der Waals surface area contributed by atoms with Crippen molar-refractivity contribution in [2.75, 3.05) is 6.61 Å². The molecule has 0 heterocycles. The van der Waals surface area contributed by atoms with Crippen LogP contribution in [0, 0.1) is 0 Å². The molecule has 0 saturated carbocycles. The van der Waals surface area contributed by atoms with Crippen molar-refractivity contribution in [3.05, 3.63) is 12.2 Å².